The SMILES string of the molecule is CSC1CCC(=O)C(C(=O)c2ccc(S(C)(=O)=O)cc2Cl)C1=O. The fraction of sp³-hybridized carbons (Fsp3) is 0.400. The molecule has 0 spiro atoms. The second kappa shape index (κ2) is 6.75. The number of benzene rings is 1. The molecule has 8 heteroatoms. The molecule has 0 amide bonds. The molecule has 0 N–H and O–H groups in total. The van der Waals surface area contributed by atoms with E-state index in [0.717, 1.165) is 12.3 Å². The molecular formula is C15H15ClO5S2. The minimum absolute atomic E-state index is 0.00693. The van der Waals surface area contributed by atoms with E-state index in [1.165, 1.54) is 23.9 Å². The number of carbonyl (C=O) groups is 3. The highest BCUT2D eigenvalue weighted by Crippen LogP contribution is 2.30. The zero-order valence-electron chi connectivity index (χ0n) is 12.5. The molecule has 2 unspecified atom stereocenters. The lowest BCUT2D eigenvalue weighted by atomic mass is 9.81. The Kier molecular flexibility index (Phi) is 5.33. The van der Waals surface area contributed by atoms with Gasteiger partial charge in [-0.15, -0.1) is 0 Å². The van der Waals surface area contributed by atoms with Gasteiger partial charge in [-0.3, -0.25) is 14.4 Å². The van der Waals surface area contributed by atoms with E-state index in [1.807, 2.05) is 0 Å². The average molecular weight is 375 g/mol. The lowest BCUT2D eigenvalue weighted by Gasteiger charge is -2.24. The van der Waals surface area contributed by atoms with Gasteiger partial charge in [0.15, 0.2) is 27.2 Å². The van der Waals surface area contributed by atoms with Gasteiger partial charge in [0.05, 0.1) is 15.2 Å². The molecule has 1 saturated carbocycles. The predicted molar refractivity (Wildman–Crippen MR) is 88.9 cm³/mol. The molecule has 1 aliphatic rings. The van der Waals surface area contributed by atoms with Gasteiger partial charge in [0.1, 0.15) is 5.92 Å². The zero-order chi connectivity index (χ0) is 17.4. The minimum atomic E-state index is -3.46. The summed E-state index contributed by atoms with van der Waals surface area (Å²) in [5.41, 5.74) is -0.00693. The fourth-order valence-electron chi connectivity index (χ4n) is 2.50. The molecule has 0 aromatic heterocycles. The van der Waals surface area contributed by atoms with Crippen LogP contribution < -0.4 is 0 Å². The lowest BCUT2D eigenvalue weighted by molar-refractivity contribution is -0.132. The van der Waals surface area contributed by atoms with Crippen LogP contribution in [0.2, 0.25) is 5.02 Å². The predicted octanol–water partition coefficient (Wildman–Crippen LogP) is 2.21. The van der Waals surface area contributed by atoms with E-state index >= 15 is 0 Å². The normalized spacial score (nSPS) is 22.2. The number of hydrogen-bond donors (Lipinski definition) is 0. The summed E-state index contributed by atoms with van der Waals surface area (Å²) in [6.07, 6.45) is 3.39. The highest BCUT2D eigenvalue weighted by molar-refractivity contribution is 7.99. The number of carbonyl (C=O) groups excluding carboxylic acids is 3. The van der Waals surface area contributed by atoms with Crippen LogP contribution in [0.4, 0.5) is 0 Å². The molecule has 124 valence electrons. The summed E-state index contributed by atoms with van der Waals surface area (Å²) in [5, 5.41) is -0.458. The van der Waals surface area contributed by atoms with E-state index in [9.17, 15) is 22.8 Å². The van der Waals surface area contributed by atoms with Crippen LogP contribution in [-0.4, -0.2) is 43.5 Å². The van der Waals surface area contributed by atoms with Crippen LogP contribution in [0.3, 0.4) is 0 Å². The maximum atomic E-state index is 12.6. The smallest absolute Gasteiger partial charge is 0.182 e. The number of sulfone groups is 1. The standard InChI is InChI=1S/C15H15ClO5S2/c1-22-12-6-5-11(17)13(15(12)19)14(18)9-4-3-8(7-10(9)16)23(2,20)21/h3-4,7,12-13H,5-6H2,1-2H3. The zero-order valence-corrected chi connectivity index (χ0v) is 14.9. The van der Waals surface area contributed by atoms with Crippen molar-refractivity contribution in [2.75, 3.05) is 12.5 Å². The van der Waals surface area contributed by atoms with E-state index in [2.05, 4.69) is 0 Å². The van der Waals surface area contributed by atoms with E-state index in [0.29, 0.717) is 6.42 Å². The molecule has 2 rings (SSSR count). The molecule has 1 aliphatic carbocycles. The Bertz CT molecular complexity index is 785. The summed E-state index contributed by atoms with van der Waals surface area (Å²) in [7, 11) is -3.46. The van der Waals surface area contributed by atoms with Crippen LogP contribution in [0.1, 0.15) is 23.2 Å². The Morgan fingerprint density at radius 3 is 2.48 bits per heavy atom. The third-order valence-electron chi connectivity index (χ3n) is 3.76. The summed E-state index contributed by atoms with van der Waals surface area (Å²) >= 11 is 7.32. The molecule has 0 saturated heterocycles. The Morgan fingerprint density at radius 2 is 1.96 bits per heavy atom. The van der Waals surface area contributed by atoms with Crippen molar-refractivity contribution in [1.29, 1.82) is 0 Å². The van der Waals surface area contributed by atoms with Crippen molar-refractivity contribution in [3.8, 4) is 0 Å². The average Bonchev–Trinajstić information content (AvgIpc) is 2.46. The van der Waals surface area contributed by atoms with Crippen molar-refractivity contribution >= 4 is 50.5 Å². The van der Waals surface area contributed by atoms with Gasteiger partial charge in [-0.2, -0.15) is 11.8 Å². The summed E-state index contributed by atoms with van der Waals surface area (Å²) in [6, 6.07) is 3.66. The number of thioether (sulfide) groups is 1. The molecule has 0 bridgehead atoms. The fourth-order valence-corrected chi connectivity index (χ4v) is 4.20. The highest BCUT2D eigenvalue weighted by Gasteiger charge is 2.42. The highest BCUT2D eigenvalue weighted by atomic mass is 35.5. The Morgan fingerprint density at radius 1 is 1.30 bits per heavy atom. The summed E-state index contributed by atoms with van der Waals surface area (Å²) in [5.74, 6) is -2.82. The van der Waals surface area contributed by atoms with E-state index in [-0.39, 0.29) is 27.2 Å². The second-order valence-corrected chi connectivity index (χ2v) is 8.81. The molecule has 23 heavy (non-hydrogen) atoms. The number of hydrogen-bond acceptors (Lipinski definition) is 6. The molecule has 5 nitrogen and oxygen atoms in total. The maximum absolute atomic E-state index is 12.6. The van der Waals surface area contributed by atoms with E-state index in [1.54, 1.807) is 6.26 Å². The van der Waals surface area contributed by atoms with Gasteiger partial charge in [-0.25, -0.2) is 8.42 Å². The first-order valence-corrected chi connectivity index (χ1v) is 10.4. The first-order chi connectivity index (χ1) is 10.7. The van der Waals surface area contributed by atoms with Crippen LogP contribution in [0.25, 0.3) is 0 Å². The summed E-state index contributed by atoms with van der Waals surface area (Å²) in [4.78, 5) is 36.9. The number of ketones is 3. The Hall–Kier alpha value is -1.18. The molecule has 2 atom stereocenters. The van der Waals surface area contributed by atoms with Crippen LogP contribution in [0.5, 0.6) is 0 Å². The summed E-state index contributed by atoms with van der Waals surface area (Å²) in [6.45, 7) is 0. The first-order valence-electron chi connectivity index (χ1n) is 6.80. The lowest BCUT2D eigenvalue weighted by Crippen LogP contribution is -2.42. The molecule has 1 aromatic carbocycles. The number of Topliss-reactive ketones (excluding diaryl/α,β-unsaturated/α-hetero) is 3. The Balaban J connectivity index is 2.40. The maximum Gasteiger partial charge on any atom is 0.182 e. The monoisotopic (exact) mass is 374 g/mol. The summed E-state index contributed by atoms with van der Waals surface area (Å²) < 4.78 is 23.0. The van der Waals surface area contributed by atoms with Crippen LogP contribution in [0, 0.1) is 5.92 Å². The van der Waals surface area contributed by atoms with E-state index < -0.39 is 33.1 Å². The van der Waals surface area contributed by atoms with Crippen molar-refractivity contribution < 1.29 is 22.8 Å². The molecule has 0 radical (unpaired) electrons. The van der Waals surface area contributed by atoms with Gasteiger partial charge < -0.3 is 0 Å². The van der Waals surface area contributed by atoms with Gasteiger partial charge in [0.2, 0.25) is 0 Å². The van der Waals surface area contributed by atoms with E-state index in [4.69, 9.17) is 11.6 Å². The van der Waals surface area contributed by atoms with Crippen molar-refractivity contribution in [2.24, 2.45) is 5.92 Å². The van der Waals surface area contributed by atoms with Crippen molar-refractivity contribution in [3.63, 3.8) is 0 Å². The quantitative estimate of drug-likeness (QED) is 0.593. The third kappa shape index (κ3) is 3.67. The first kappa shape index (κ1) is 18.2. The van der Waals surface area contributed by atoms with Crippen LogP contribution in [-0.2, 0) is 19.4 Å². The largest absolute Gasteiger partial charge is 0.298 e. The van der Waals surface area contributed by atoms with Gasteiger partial charge in [-0.05, 0) is 30.9 Å². The minimum Gasteiger partial charge on any atom is -0.298 e. The molecule has 1 fully saturated rings. The molecule has 0 heterocycles. The van der Waals surface area contributed by atoms with Crippen LogP contribution in [0.15, 0.2) is 23.1 Å². The second-order valence-electron chi connectivity index (χ2n) is 5.34. The Labute approximate surface area is 143 Å². The molecular weight excluding hydrogens is 360 g/mol. The van der Waals surface area contributed by atoms with Gasteiger partial charge >= 0.3 is 0 Å². The van der Waals surface area contributed by atoms with Gasteiger partial charge in [0.25, 0.3) is 0 Å². The number of rotatable bonds is 4. The number of halogens is 1. The third-order valence-corrected chi connectivity index (χ3v) is 6.22. The van der Waals surface area contributed by atoms with Gasteiger partial charge in [0, 0.05) is 18.2 Å². The van der Waals surface area contributed by atoms with Crippen molar-refractivity contribution in [1.82, 2.24) is 0 Å². The van der Waals surface area contributed by atoms with Crippen molar-refractivity contribution in [2.45, 2.75) is 23.0 Å². The van der Waals surface area contributed by atoms with Gasteiger partial charge in [-0.1, -0.05) is 11.6 Å². The molecule has 1 aromatic rings. The van der Waals surface area contributed by atoms with Crippen LogP contribution >= 0.6 is 23.4 Å². The molecule has 0 aliphatic heterocycles. The topological polar surface area (TPSA) is 85.3 Å². The van der Waals surface area contributed by atoms with Crippen molar-refractivity contribution in [3.05, 3.63) is 28.8 Å².